The van der Waals surface area contributed by atoms with E-state index in [9.17, 15) is 4.79 Å². The highest BCUT2D eigenvalue weighted by Crippen LogP contribution is 2.16. The van der Waals surface area contributed by atoms with E-state index in [1.165, 1.54) is 0 Å². The minimum absolute atomic E-state index is 0.0510. The lowest BCUT2D eigenvalue weighted by Crippen LogP contribution is -2.41. The predicted octanol–water partition coefficient (Wildman–Crippen LogP) is 2.96. The largest absolute Gasteiger partial charge is 0.489 e. The fraction of sp³-hybridized carbons (Fsp3) is 0.300. The molecule has 1 unspecified atom stereocenters. The van der Waals surface area contributed by atoms with Crippen LogP contribution in [0.1, 0.15) is 29.8 Å². The molecule has 0 radical (unpaired) electrons. The molecule has 1 amide bonds. The van der Waals surface area contributed by atoms with E-state index in [4.69, 9.17) is 22.1 Å². The van der Waals surface area contributed by atoms with Gasteiger partial charge < -0.3 is 21.1 Å². The summed E-state index contributed by atoms with van der Waals surface area (Å²) in [4.78, 5) is 15.7. The van der Waals surface area contributed by atoms with Crippen molar-refractivity contribution < 1.29 is 9.53 Å². The van der Waals surface area contributed by atoms with E-state index >= 15 is 0 Å². The molecule has 2 aromatic carbocycles. The van der Waals surface area contributed by atoms with Crippen LogP contribution in [0.4, 0.5) is 0 Å². The average molecular weight is 389 g/mol. The molecule has 2 rings (SSSR count). The predicted molar refractivity (Wildman–Crippen MR) is 109 cm³/mol. The summed E-state index contributed by atoms with van der Waals surface area (Å²) >= 11 is 5.88. The SMILES string of the molecule is CCNC(=NCc1ccc(C(N)=O)cc1)NCC(C)Oc1ccc(Cl)cc1. The number of carbonyl (C=O) groups is 1. The molecule has 1 atom stereocenters. The van der Waals surface area contributed by atoms with Crippen molar-refractivity contribution in [3.05, 3.63) is 64.7 Å². The quantitative estimate of drug-likeness (QED) is 0.479. The first-order chi connectivity index (χ1) is 13.0. The molecule has 0 aliphatic carbocycles. The number of hydrogen-bond donors (Lipinski definition) is 3. The Bertz CT molecular complexity index is 761. The van der Waals surface area contributed by atoms with Crippen molar-refractivity contribution in [1.29, 1.82) is 0 Å². The zero-order chi connectivity index (χ0) is 19.6. The summed E-state index contributed by atoms with van der Waals surface area (Å²) in [6, 6.07) is 14.4. The van der Waals surface area contributed by atoms with Crippen LogP contribution in [0.5, 0.6) is 5.75 Å². The van der Waals surface area contributed by atoms with Gasteiger partial charge in [0.1, 0.15) is 11.9 Å². The molecule has 0 aromatic heterocycles. The Labute approximate surface area is 164 Å². The molecule has 2 aromatic rings. The van der Waals surface area contributed by atoms with Crippen LogP contribution in [0.25, 0.3) is 0 Å². The fourth-order valence-corrected chi connectivity index (χ4v) is 2.44. The zero-order valence-electron chi connectivity index (χ0n) is 15.5. The second-order valence-electron chi connectivity index (χ2n) is 6.02. The van der Waals surface area contributed by atoms with Gasteiger partial charge in [-0.15, -0.1) is 0 Å². The Balaban J connectivity index is 1.88. The summed E-state index contributed by atoms with van der Waals surface area (Å²) in [6.07, 6.45) is -0.0510. The van der Waals surface area contributed by atoms with Gasteiger partial charge in [0.2, 0.25) is 5.91 Å². The van der Waals surface area contributed by atoms with Crippen molar-refractivity contribution in [2.45, 2.75) is 26.5 Å². The first kappa shape index (κ1) is 20.6. The molecule has 0 saturated heterocycles. The van der Waals surface area contributed by atoms with E-state index in [0.29, 0.717) is 29.6 Å². The zero-order valence-corrected chi connectivity index (χ0v) is 16.3. The van der Waals surface area contributed by atoms with E-state index in [0.717, 1.165) is 17.9 Å². The van der Waals surface area contributed by atoms with Gasteiger partial charge in [0, 0.05) is 17.1 Å². The normalized spacial score (nSPS) is 12.3. The van der Waals surface area contributed by atoms with E-state index in [2.05, 4.69) is 15.6 Å². The van der Waals surface area contributed by atoms with Crippen LogP contribution >= 0.6 is 11.6 Å². The number of nitrogens with zero attached hydrogens (tertiary/aromatic N) is 1. The molecular weight excluding hydrogens is 364 g/mol. The lowest BCUT2D eigenvalue weighted by molar-refractivity contribution is 0.100. The molecule has 0 spiro atoms. The Morgan fingerprint density at radius 1 is 1.15 bits per heavy atom. The molecule has 27 heavy (non-hydrogen) atoms. The molecule has 7 heteroatoms. The molecule has 0 heterocycles. The monoisotopic (exact) mass is 388 g/mol. The molecule has 0 saturated carbocycles. The van der Waals surface area contributed by atoms with Gasteiger partial charge in [-0.1, -0.05) is 23.7 Å². The van der Waals surface area contributed by atoms with Crippen molar-refractivity contribution in [2.75, 3.05) is 13.1 Å². The minimum Gasteiger partial charge on any atom is -0.489 e. The van der Waals surface area contributed by atoms with Gasteiger partial charge in [0.05, 0.1) is 13.1 Å². The number of primary amides is 1. The maximum Gasteiger partial charge on any atom is 0.248 e. The molecule has 0 aliphatic rings. The van der Waals surface area contributed by atoms with E-state index < -0.39 is 5.91 Å². The maximum absolute atomic E-state index is 11.1. The van der Waals surface area contributed by atoms with E-state index in [-0.39, 0.29) is 6.10 Å². The Morgan fingerprint density at radius 2 is 1.81 bits per heavy atom. The van der Waals surface area contributed by atoms with Crippen LogP contribution in [0, 0.1) is 0 Å². The van der Waals surface area contributed by atoms with Gasteiger partial charge in [-0.05, 0) is 55.8 Å². The second kappa shape index (κ2) is 10.4. The third-order valence-corrected chi connectivity index (χ3v) is 3.96. The highest BCUT2D eigenvalue weighted by Gasteiger charge is 2.06. The third kappa shape index (κ3) is 7.19. The minimum atomic E-state index is -0.435. The molecule has 0 fully saturated rings. The van der Waals surface area contributed by atoms with Gasteiger partial charge in [-0.2, -0.15) is 0 Å². The maximum atomic E-state index is 11.1. The molecule has 4 N–H and O–H groups in total. The number of amides is 1. The number of carbonyl (C=O) groups excluding carboxylic acids is 1. The van der Waals surface area contributed by atoms with Gasteiger partial charge in [-0.3, -0.25) is 4.79 Å². The highest BCUT2D eigenvalue weighted by atomic mass is 35.5. The summed E-state index contributed by atoms with van der Waals surface area (Å²) in [5.74, 6) is 1.03. The number of rotatable bonds is 8. The first-order valence-electron chi connectivity index (χ1n) is 8.81. The number of nitrogens with two attached hydrogens (primary N) is 1. The van der Waals surface area contributed by atoms with E-state index in [1.807, 2.05) is 38.1 Å². The van der Waals surface area contributed by atoms with Crippen molar-refractivity contribution in [3.63, 3.8) is 0 Å². The number of benzene rings is 2. The number of nitrogens with one attached hydrogen (secondary N) is 2. The lowest BCUT2D eigenvalue weighted by atomic mass is 10.1. The lowest BCUT2D eigenvalue weighted by Gasteiger charge is -2.17. The van der Waals surface area contributed by atoms with Crippen molar-refractivity contribution in [3.8, 4) is 5.75 Å². The van der Waals surface area contributed by atoms with Crippen LogP contribution in [-0.4, -0.2) is 31.1 Å². The topological polar surface area (TPSA) is 88.7 Å². The molecular formula is C20H25ClN4O2. The summed E-state index contributed by atoms with van der Waals surface area (Å²) in [7, 11) is 0. The van der Waals surface area contributed by atoms with Crippen LogP contribution in [0.3, 0.4) is 0 Å². The smallest absolute Gasteiger partial charge is 0.248 e. The number of halogens is 1. The van der Waals surface area contributed by atoms with Gasteiger partial charge in [0.15, 0.2) is 5.96 Å². The van der Waals surface area contributed by atoms with Crippen LogP contribution in [-0.2, 0) is 6.54 Å². The number of hydrogen-bond acceptors (Lipinski definition) is 3. The Hall–Kier alpha value is -2.73. The van der Waals surface area contributed by atoms with Crippen molar-refractivity contribution >= 4 is 23.5 Å². The van der Waals surface area contributed by atoms with Crippen LogP contribution < -0.4 is 21.1 Å². The fourth-order valence-electron chi connectivity index (χ4n) is 2.31. The summed E-state index contributed by atoms with van der Waals surface area (Å²) < 4.78 is 5.85. The molecule has 144 valence electrons. The summed E-state index contributed by atoms with van der Waals surface area (Å²) in [6.45, 7) is 5.81. The third-order valence-electron chi connectivity index (χ3n) is 3.71. The van der Waals surface area contributed by atoms with Crippen molar-refractivity contribution in [1.82, 2.24) is 10.6 Å². The van der Waals surface area contributed by atoms with Gasteiger partial charge >= 0.3 is 0 Å². The first-order valence-corrected chi connectivity index (χ1v) is 9.19. The number of guanidine groups is 1. The van der Waals surface area contributed by atoms with Gasteiger partial charge in [-0.25, -0.2) is 4.99 Å². The van der Waals surface area contributed by atoms with Gasteiger partial charge in [0.25, 0.3) is 0 Å². The van der Waals surface area contributed by atoms with Crippen molar-refractivity contribution in [2.24, 2.45) is 10.7 Å². The Kier molecular flexibility index (Phi) is 7.95. The Morgan fingerprint density at radius 3 is 2.41 bits per heavy atom. The van der Waals surface area contributed by atoms with Crippen LogP contribution in [0.15, 0.2) is 53.5 Å². The molecule has 0 bridgehead atoms. The standard InChI is InChI=1S/C20H25ClN4O2/c1-3-23-20(25-13-15-4-6-16(7-5-15)19(22)26)24-12-14(2)27-18-10-8-17(21)9-11-18/h4-11,14H,3,12-13H2,1-2H3,(H2,22,26)(H2,23,24,25). The summed E-state index contributed by atoms with van der Waals surface area (Å²) in [5, 5.41) is 7.15. The molecule has 0 aliphatic heterocycles. The van der Waals surface area contributed by atoms with Crippen LogP contribution in [0.2, 0.25) is 5.02 Å². The second-order valence-corrected chi connectivity index (χ2v) is 6.46. The highest BCUT2D eigenvalue weighted by molar-refractivity contribution is 6.30. The molecule has 6 nitrogen and oxygen atoms in total. The number of ether oxygens (including phenoxy) is 1. The summed E-state index contributed by atoms with van der Waals surface area (Å²) in [5.41, 5.74) is 6.73. The van der Waals surface area contributed by atoms with E-state index in [1.54, 1.807) is 24.3 Å². The average Bonchev–Trinajstić information content (AvgIpc) is 2.66. The number of aliphatic imine (C=N–C) groups is 1.